The molecule has 0 fully saturated rings. The molecule has 0 saturated carbocycles. The summed E-state index contributed by atoms with van der Waals surface area (Å²) in [6.45, 7) is 0.467. The van der Waals surface area contributed by atoms with Gasteiger partial charge in [0, 0.05) is 16.1 Å². The fraction of sp³-hybridized carbons (Fsp3) is 0.0526. The number of benzene rings is 2. The molecule has 0 amide bonds. The number of nitrogens with one attached hydrogen (secondary N) is 2. The number of furan rings is 1. The molecule has 0 unspecified atom stereocenters. The summed E-state index contributed by atoms with van der Waals surface area (Å²) >= 11 is 11.4. The minimum Gasteiger partial charge on any atom is -0.459 e. The van der Waals surface area contributed by atoms with Crippen molar-refractivity contribution >= 4 is 23.8 Å². The van der Waals surface area contributed by atoms with Gasteiger partial charge < -0.3 is 9.84 Å². The van der Waals surface area contributed by atoms with E-state index in [1.54, 1.807) is 4.68 Å². The zero-order valence-corrected chi connectivity index (χ0v) is 15.2. The van der Waals surface area contributed by atoms with E-state index in [-0.39, 0.29) is 0 Å². The van der Waals surface area contributed by atoms with Crippen molar-refractivity contribution in [3.8, 4) is 22.7 Å². The Bertz CT molecular complexity index is 1080. The number of hydrogen-bond acceptors (Lipinski definition) is 4. The normalized spacial score (nSPS) is 10.8. The third-order valence-corrected chi connectivity index (χ3v) is 4.40. The van der Waals surface area contributed by atoms with E-state index < -0.39 is 0 Å². The predicted molar refractivity (Wildman–Crippen MR) is 105 cm³/mol. The van der Waals surface area contributed by atoms with Gasteiger partial charge in [0.25, 0.3) is 0 Å². The van der Waals surface area contributed by atoms with Crippen molar-refractivity contribution in [1.29, 1.82) is 0 Å². The molecule has 0 aliphatic heterocycles. The summed E-state index contributed by atoms with van der Waals surface area (Å²) in [4.78, 5) is 0. The summed E-state index contributed by atoms with van der Waals surface area (Å²) in [7, 11) is 0. The van der Waals surface area contributed by atoms with Gasteiger partial charge in [-0.1, -0.05) is 54.1 Å². The summed E-state index contributed by atoms with van der Waals surface area (Å²) in [5.41, 5.74) is 5.15. The molecule has 2 heterocycles. The van der Waals surface area contributed by atoms with Gasteiger partial charge in [0.05, 0.1) is 6.54 Å². The lowest BCUT2D eigenvalue weighted by atomic mass is 10.2. The third kappa shape index (κ3) is 3.42. The number of aromatic nitrogens is 3. The molecular formula is C19H15ClN4OS. The predicted octanol–water partition coefficient (Wildman–Crippen LogP) is 5.26. The molecular weight excluding hydrogens is 368 g/mol. The van der Waals surface area contributed by atoms with Crippen molar-refractivity contribution in [2.45, 2.75) is 6.54 Å². The second-order valence-electron chi connectivity index (χ2n) is 5.66. The monoisotopic (exact) mass is 382 g/mol. The van der Waals surface area contributed by atoms with Crippen LogP contribution in [0.25, 0.3) is 22.7 Å². The lowest BCUT2D eigenvalue weighted by Crippen LogP contribution is -2.15. The molecule has 4 aromatic rings. The Morgan fingerprint density at radius 2 is 1.85 bits per heavy atom. The fourth-order valence-corrected chi connectivity index (χ4v) is 3.04. The molecule has 2 aromatic heterocycles. The number of aromatic amines is 1. The van der Waals surface area contributed by atoms with Crippen molar-refractivity contribution in [3.05, 3.63) is 82.3 Å². The van der Waals surface area contributed by atoms with Gasteiger partial charge >= 0.3 is 0 Å². The first-order valence-electron chi connectivity index (χ1n) is 8.02. The smallest absolute Gasteiger partial charge is 0.214 e. The van der Waals surface area contributed by atoms with E-state index in [0.29, 0.717) is 16.3 Å². The highest BCUT2D eigenvalue weighted by atomic mass is 35.5. The van der Waals surface area contributed by atoms with Crippen molar-refractivity contribution in [1.82, 2.24) is 14.9 Å². The van der Waals surface area contributed by atoms with Crippen LogP contribution in [0.15, 0.2) is 71.1 Å². The van der Waals surface area contributed by atoms with Crippen LogP contribution in [0.3, 0.4) is 0 Å². The van der Waals surface area contributed by atoms with Gasteiger partial charge in [0.1, 0.15) is 11.5 Å². The summed E-state index contributed by atoms with van der Waals surface area (Å²) in [6, 6.07) is 21.3. The van der Waals surface area contributed by atoms with Crippen molar-refractivity contribution in [2.75, 3.05) is 5.43 Å². The van der Waals surface area contributed by atoms with E-state index in [1.807, 2.05) is 66.7 Å². The lowest BCUT2D eigenvalue weighted by Gasteiger charge is -2.08. The van der Waals surface area contributed by atoms with Crippen LogP contribution in [-0.2, 0) is 6.54 Å². The number of H-pyrrole nitrogens is 1. The number of hydrogen-bond donors (Lipinski definition) is 2. The van der Waals surface area contributed by atoms with Gasteiger partial charge in [-0.05, 0) is 36.5 Å². The van der Waals surface area contributed by atoms with Crippen LogP contribution in [0.1, 0.15) is 5.76 Å². The Morgan fingerprint density at radius 1 is 1.04 bits per heavy atom. The Balaban J connectivity index is 1.54. The molecule has 2 N–H and O–H groups in total. The maximum atomic E-state index is 6.04. The van der Waals surface area contributed by atoms with Gasteiger partial charge in [0.15, 0.2) is 5.82 Å². The summed E-state index contributed by atoms with van der Waals surface area (Å²) in [5.74, 6) is 2.27. The minimum absolute atomic E-state index is 0.467. The highest BCUT2D eigenvalue weighted by Gasteiger charge is 2.10. The summed E-state index contributed by atoms with van der Waals surface area (Å²) in [5, 5.41) is 7.79. The van der Waals surface area contributed by atoms with Crippen LogP contribution in [0, 0.1) is 4.77 Å². The molecule has 0 atom stereocenters. The SMILES string of the molecule is S=c1[nH]nc(-c2ccccc2)n1NCc1ccc(-c2cccc(Cl)c2)o1. The van der Waals surface area contributed by atoms with Gasteiger partial charge in [-0.3, -0.25) is 0 Å². The Hall–Kier alpha value is -2.83. The molecule has 0 saturated heterocycles. The lowest BCUT2D eigenvalue weighted by molar-refractivity contribution is 0.523. The number of halogens is 1. The zero-order chi connectivity index (χ0) is 17.9. The molecule has 0 bridgehead atoms. The standard InChI is InChI=1S/C19H15ClN4OS/c20-15-8-4-7-14(11-15)17-10-9-16(25-17)12-21-24-18(22-23-19(24)26)13-5-2-1-3-6-13/h1-11,21H,12H2,(H,23,26). The average molecular weight is 383 g/mol. The Labute approximate surface area is 160 Å². The maximum Gasteiger partial charge on any atom is 0.214 e. The molecule has 130 valence electrons. The van der Waals surface area contributed by atoms with Gasteiger partial charge in [0.2, 0.25) is 4.77 Å². The highest BCUT2D eigenvalue weighted by Crippen LogP contribution is 2.25. The molecule has 0 spiro atoms. The number of nitrogens with zero attached hydrogens (tertiary/aromatic N) is 2. The van der Waals surface area contributed by atoms with E-state index >= 15 is 0 Å². The summed E-state index contributed by atoms with van der Waals surface area (Å²) < 4.78 is 8.14. The maximum absolute atomic E-state index is 6.04. The second-order valence-corrected chi connectivity index (χ2v) is 6.49. The molecule has 26 heavy (non-hydrogen) atoms. The first-order valence-corrected chi connectivity index (χ1v) is 8.81. The molecule has 7 heteroatoms. The third-order valence-electron chi connectivity index (χ3n) is 3.89. The molecule has 0 aliphatic carbocycles. The van der Waals surface area contributed by atoms with Gasteiger partial charge in [-0.25, -0.2) is 9.77 Å². The molecule has 0 aliphatic rings. The largest absolute Gasteiger partial charge is 0.459 e. The Morgan fingerprint density at radius 3 is 2.65 bits per heavy atom. The molecule has 0 radical (unpaired) electrons. The van der Waals surface area contributed by atoms with Crippen molar-refractivity contribution in [2.24, 2.45) is 0 Å². The molecule has 4 rings (SSSR count). The van der Waals surface area contributed by atoms with E-state index in [0.717, 1.165) is 28.5 Å². The van der Waals surface area contributed by atoms with Crippen molar-refractivity contribution in [3.63, 3.8) is 0 Å². The van der Waals surface area contributed by atoms with Crippen LogP contribution < -0.4 is 5.43 Å². The van der Waals surface area contributed by atoms with Crippen molar-refractivity contribution < 1.29 is 4.42 Å². The number of rotatable bonds is 5. The van der Waals surface area contributed by atoms with Gasteiger partial charge in [-0.15, -0.1) is 0 Å². The van der Waals surface area contributed by atoms with E-state index in [2.05, 4.69) is 15.6 Å². The topological polar surface area (TPSA) is 58.8 Å². The van der Waals surface area contributed by atoms with Crippen LogP contribution in [0.4, 0.5) is 0 Å². The zero-order valence-electron chi connectivity index (χ0n) is 13.6. The van der Waals surface area contributed by atoms with Crippen LogP contribution in [0.5, 0.6) is 0 Å². The quantitative estimate of drug-likeness (QED) is 0.462. The molecule has 5 nitrogen and oxygen atoms in total. The van der Waals surface area contributed by atoms with E-state index in [4.69, 9.17) is 28.2 Å². The minimum atomic E-state index is 0.467. The van der Waals surface area contributed by atoms with E-state index in [9.17, 15) is 0 Å². The fourth-order valence-electron chi connectivity index (χ4n) is 2.65. The van der Waals surface area contributed by atoms with Crippen LogP contribution >= 0.6 is 23.8 Å². The first kappa shape index (κ1) is 16.6. The second kappa shape index (κ2) is 7.19. The van der Waals surface area contributed by atoms with Gasteiger partial charge in [-0.2, -0.15) is 5.10 Å². The van der Waals surface area contributed by atoms with Crippen LogP contribution in [0.2, 0.25) is 5.02 Å². The van der Waals surface area contributed by atoms with Crippen LogP contribution in [-0.4, -0.2) is 14.9 Å². The average Bonchev–Trinajstić information content (AvgIpc) is 3.27. The van der Waals surface area contributed by atoms with E-state index in [1.165, 1.54) is 0 Å². The summed E-state index contributed by atoms with van der Waals surface area (Å²) in [6.07, 6.45) is 0. The Kier molecular flexibility index (Phi) is 4.60. The first-order chi connectivity index (χ1) is 12.7. The molecule has 2 aromatic carbocycles. The highest BCUT2D eigenvalue weighted by molar-refractivity contribution is 7.71.